The molecule has 3 rings (SSSR count). The smallest absolute Gasteiger partial charge is 0.258 e. The van der Waals surface area contributed by atoms with Gasteiger partial charge in [-0.05, 0) is 40.2 Å². The fourth-order valence-corrected chi connectivity index (χ4v) is 2.46. The average molecular weight is 349 g/mol. The minimum atomic E-state index is -0.304. The number of aromatic nitrogens is 1. The summed E-state index contributed by atoms with van der Waals surface area (Å²) in [7, 11) is 0. The normalized spacial score (nSPS) is 15.1. The lowest BCUT2D eigenvalue weighted by molar-refractivity contribution is -0.0441. The monoisotopic (exact) mass is 348 g/mol. The van der Waals surface area contributed by atoms with Gasteiger partial charge in [-0.25, -0.2) is 4.98 Å². The van der Waals surface area contributed by atoms with Crippen LogP contribution in [0.2, 0.25) is 0 Å². The summed E-state index contributed by atoms with van der Waals surface area (Å²) >= 11 is 3.26. The van der Waals surface area contributed by atoms with Gasteiger partial charge in [-0.2, -0.15) is 0 Å². The Labute approximate surface area is 130 Å². The van der Waals surface area contributed by atoms with E-state index in [1.54, 1.807) is 18.3 Å². The number of anilines is 1. The molecule has 21 heavy (non-hydrogen) atoms. The van der Waals surface area contributed by atoms with E-state index in [-0.39, 0.29) is 12.2 Å². The highest BCUT2D eigenvalue weighted by Gasteiger charge is 2.18. The summed E-state index contributed by atoms with van der Waals surface area (Å²) in [4.78, 5) is 16.2. The number of carbonyl (C=O) groups is 1. The molecule has 0 aliphatic carbocycles. The lowest BCUT2D eigenvalue weighted by Crippen LogP contribution is -2.13. The highest BCUT2D eigenvalue weighted by molar-refractivity contribution is 9.10. The lowest BCUT2D eigenvalue weighted by atomic mass is 10.2. The van der Waals surface area contributed by atoms with E-state index in [2.05, 4.69) is 26.2 Å². The number of hydrogen-bond acceptors (Lipinski definition) is 4. The van der Waals surface area contributed by atoms with Gasteiger partial charge in [0, 0.05) is 17.4 Å². The van der Waals surface area contributed by atoms with Crippen molar-refractivity contribution in [3.63, 3.8) is 0 Å². The maximum Gasteiger partial charge on any atom is 0.258 e. The summed E-state index contributed by atoms with van der Waals surface area (Å²) in [5.41, 5.74) is 2.13. The summed E-state index contributed by atoms with van der Waals surface area (Å²) in [6.45, 7) is 1.22. The van der Waals surface area contributed by atoms with E-state index in [1.807, 2.05) is 24.3 Å². The van der Waals surface area contributed by atoms with E-state index in [9.17, 15) is 4.79 Å². The van der Waals surface area contributed by atoms with Crippen LogP contribution < -0.4 is 5.32 Å². The van der Waals surface area contributed by atoms with E-state index in [0.29, 0.717) is 29.1 Å². The van der Waals surface area contributed by atoms with Crippen LogP contribution in [0.25, 0.3) is 0 Å². The molecule has 1 amide bonds. The fraction of sp³-hybridized carbons (Fsp3) is 0.200. The molecule has 0 unspecified atom stereocenters. The van der Waals surface area contributed by atoms with Crippen molar-refractivity contribution in [2.75, 3.05) is 18.5 Å². The molecule has 5 nitrogen and oxygen atoms in total. The Hall–Kier alpha value is -1.76. The minimum Gasteiger partial charge on any atom is -0.346 e. The second-order valence-corrected chi connectivity index (χ2v) is 5.24. The molecule has 108 valence electrons. The van der Waals surface area contributed by atoms with Crippen LogP contribution in [0.4, 0.5) is 5.69 Å². The van der Waals surface area contributed by atoms with Crippen LogP contribution >= 0.6 is 15.9 Å². The van der Waals surface area contributed by atoms with Crippen molar-refractivity contribution in [2.45, 2.75) is 6.29 Å². The van der Waals surface area contributed by atoms with Gasteiger partial charge in [-0.3, -0.25) is 4.79 Å². The molecular formula is C15H13BrN2O3. The molecule has 1 aromatic carbocycles. The summed E-state index contributed by atoms with van der Waals surface area (Å²) in [6.07, 6.45) is 1.32. The van der Waals surface area contributed by atoms with Gasteiger partial charge in [-0.15, -0.1) is 0 Å². The highest BCUT2D eigenvalue weighted by Crippen LogP contribution is 2.24. The molecule has 0 atom stereocenters. The first-order valence-corrected chi connectivity index (χ1v) is 7.28. The maximum atomic E-state index is 12.1. The first-order valence-electron chi connectivity index (χ1n) is 6.49. The zero-order chi connectivity index (χ0) is 14.7. The van der Waals surface area contributed by atoms with E-state index >= 15 is 0 Å². The molecular weight excluding hydrogens is 336 g/mol. The molecule has 1 aliphatic heterocycles. The second-order valence-electron chi connectivity index (χ2n) is 4.49. The average Bonchev–Trinajstić information content (AvgIpc) is 3.02. The first kappa shape index (κ1) is 14.2. The Morgan fingerprint density at radius 1 is 1.19 bits per heavy atom. The Morgan fingerprint density at radius 3 is 2.57 bits per heavy atom. The van der Waals surface area contributed by atoms with Crippen LogP contribution in [0, 0.1) is 0 Å². The van der Waals surface area contributed by atoms with Crippen LogP contribution in [0.5, 0.6) is 0 Å². The molecule has 1 aromatic heterocycles. The van der Waals surface area contributed by atoms with E-state index in [4.69, 9.17) is 9.47 Å². The standard InChI is InChI=1S/C15H13BrN2O3/c16-13-12(2-1-7-17-13)14(19)18-11-5-3-10(4-6-11)15-20-8-9-21-15/h1-7,15H,8-9H2,(H,18,19). The zero-order valence-corrected chi connectivity index (χ0v) is 12.7. The van der Waals surface area contributed by atoms with Crippen LogP contribution in [0.15, 0.2) is 47.2 Å². The number of benzene rings is 1. The number of rotatable bonds is 3. The zero-order valence-electron chi connectivity index (χ0n) is 11.1. The molecule has 2 heterocycles. The number of ether oxygens (including phenoxy) is 2. The number of pyridine rings is 1. The van der Waals surface area contributed by atoms with E-state index in [1.165, 1.54) is 0 Å². The summed E-state index contributed by atoms with van der Waals surface area (Å²) in [6, 6.07) is 10.8. The highest BCUT2D eigenvalue weighted by atomic mass is 79.9. The van der Waals surface area contributed by atoms with Crippen molar-refractivity contribution in [3.8, 4) is 0 Å². The SMILES string of the molecule is O=C(Nc1ccc(C2OCCO2)cc1)c1cccnc1Br. The number of amides is 1. The van der Waals surface area contributed by atoms with E-state index in [0.717, 1.165) is 5.56 Å². The van der Waals surface area contributed by atoms with Gasteiger partial charge in [0.2, 0.25) is 0 Å². The van der Waals surface area contributed by atoms with Crippen molar-refractivity contribution < 1.29 is 14.3 Å². The predicted octanol–water partition coefficient (Wildman–Crippen LogP) is 3.14. The van der Waals surface area contributed by atoms with Crippen LogP contribution in [0.3, 0.4) is 0 Å². The fourth-order valence-electron chi connectivity index (χ4n) is 2.03. The predicted molar refractivity (Wildman–Crippen MR) is 81.0 cm³/mol. The maximum absolute atomic E-state index is 12.1. The molecule has 0 bridgehead atoms. The third-order valence-corrected chi connectivity index (χ3v) is 3.70. The molecule has 0 saturated carbocycles. The van der Waals surface area contributed by atoms with Gasteiger partial charge in [0.1, 0.15) is 4.60 Å². The minimum absolute atomic E-state index is 0.212. The third kappa shape index (κ3) is 3.29. The molecule has 1 saturated heterocycles. The summed E-state index contributed by atoms with van der Waals surface area (Å²) in [5.74, 6) is -0.212. The third-order valence-electron chi connectivity index (χ3n) is 3.07. The van der Waals surface area contributed by atoms with Gasteiger partial charge in [0.05, 0.1) is 18.8 Å². The van der Waals surface area contributed by atoms with Crippen molar-refractivity contribution in [1.82, 2.24) is 4.98 Å². The number of hydrogen-bond donors (Lipinski definition) is 1. The van der Waals surface area contributed by atoms with E-state index < -0.39 is 0 Å². The Bertz CT molecular complexity index is 640. The van der Waals surface area contributed by atoms with Crippen LogP contribution in [0.1, 0.15) is 22.2 Å². The molecule has 2 aromatic rings. The number of nitrogens with one attached hydrogen (secondary N) is 1. The molecule has 0 radical (unpaired) electrons. The quantitative estimate of drug-likeness (QED) is 0.865. The van der Waals surface area contributed by atoms with Crippen LogP contribution in [-0.2, 0) is 9.47 Å². The molecule has 0 spiro atoms. The Balaban J connectivity index is 1.70. The topological polar surface area (TPSA) is 60.5 Å². The van der Waals surface area contributed by atoms with Crippen molar-refractivity contribution in [1.29, 1.82) is 0 Å². The Morgan fingerprint density at radius 2 is 1.90 bits per heavy atom. The summed E-state index contributed by atoms with van der Waals surface area (Å²) in [5, 5.41) is 2.83. The van der Waals surface area contributed by atoms with Crippen molar-refractivity contribution >= 4 is 27.5 Å². The second kappa shape index (κ2) is 6.34. The number of carbonyl (C=O) groups excluding carboxylic acids is 1. The largest absolute Gasteiger partial charge is 0.346 e. The van der Waals surface area contributed by atoms with Gasteiger partial charge in [-0.1, -0.05) is 12.1 Å². The van der Waals surface area contributed by atoms with Gasteiger partial charge in [0.25, 0.3) is 5.91 Å². The number of nitrogens with zero attached hydrogens (tertiary/aromatic N) is 1. The van der Waals surface area contributed by atoms with Gasteiger partial charge < -0.3 is 14.8 Å². The van der Waals surface area contributed by atoms with Gasteiger partial charge >= 0.3 is 0 Å². The molecule has 1 aliphatic rings. The first-order chi connectivity index (χ1) is 10.2. The summed E-state index contributed by atoms with van der Waals surface area (Å²) < 4.78 is 11.4. The molecule has 1 fully saturated rings. The molecule has 6 heteroatoms. The van der Waals surface area contributed by atoms with Crippen LogP contribution in [-0.4, -0.2) is 24.1 Å². The Kier molecular flexibility index (Phi) is 4.28. The van der Waals surface area contributed by atoms with Crippen molar-refractivity contribution in [2.24, 2.45) is 0 Å². The lowest BCUT2D eigenvalue weighted by Gasteiger charge is -2.11. The van der Waals surface area contributed by atoms with Gasteiger partial charge in [0.15, 0.2) is 6.29 Å². The van der Waals surface area contributed by atoms with Crippen molar-refractivity contribution in [3.05, 3.63) is 58.3 Å². The number of halogens is 1. The molecule has 1 N–H and O–H groups in total.